The lowest BCUT2D eigenvalue weighted by molar-refractivity contribution is 0.276. The van der Waals surface area contributed by atoms with E-state index < -0.39 is 0 Å². The average Bonchev–Trinajstić information content (AvgIpc) is 2.34. The van der Waals surface area contributed by atoms with Gasteiger partial charge in [0.05, 0.1) is 18.5 Å². The molecule has 0 saturated carbocycles. The van der Waals surface area contributed by atoms with E-state index in [0.717, 1.165) is 11.3 Å². The molecule has 2 aromatic rings. The minimum absolute atomic E-state index is 0.0683. The van der Waals surface area contributed by atoms with Crippen LogP contribution in [0.3, 0.4) is 0 Å². The highest BCUT2D eigenvalue weighted by atomic mass is 16.5. The second kappa shape index (κ2) is 4.84. The number of ether oxygens (including phenoxy) is 1. The summed E-state index contributed by atoms with van der Waals surface area (Å²) < 4.78 is 5.66. The molecule has 88 valence electrons. The van der Waals surface area contributed by atoms with Gasteiger partial charge in [0.2, 0.25) is 0 Å². The Bertz CT molecular complexity index is 509. The van der Waals surface area contributed by atoms with Gasteiger partial charge in [0, 0.05) is 5.69 Å². The molecule has 4 heteroatoms. The van der Waals surface area contributed by atoms with Crippen molar-refractivity contribution in [2.24, 2.45) is 0 Å². The van der Waals surface area contributed by atoms with E-state index in [1.807, 2.05) is 19.1 Å². The first-order valence-electron chi connectivity index (χ1n) is 5.29. The van der Waals surface area contributed by atoms with Gasteiger partial charge in [-0.1, -0.05) is 0 Å². The van der Waals surface area contributed by atoms with Crippen molar-refractivity contribution in [3.05, 3.63) is 47.8 Å². The molecule has 0 amide bonds. The molecule has 0 aliphatic rings. The van der Waals surface area contributed by atoms with Crippen molar-refractivity contribution in [2.45, 2.75) is 13.5 Å². The van der Waals surface area contributed by atoms with Gasteiger partial charge < -0.3 is 15.6 Å². The van der Waals surface area contributed by atoms with E-state index in [1.54, 1.807) is 24.4 Å². The Kier molecular flexibility index (Phi) is 3.25. The minimum Gasteiger partial charge on any atom is -0.455 e. The highest BCUT2D eigenvalue weighted by Crippen LogP contribution is 2.25. The van der Waals surface area contributed by atoms with Gasteiger partial charge in [-0.25, -0.2) is 0 Å². The Morgan fingerprint density at radius 2 is 2.12 bits per heavy atom. The number of aliphatic hydroxyl groups excluding tert-OH is 1. The van der Waals surface area contributed by atoms with E-state index in [2.05, 4.69) is 4.98 Å². The van der Waals surface area contributed by atoms with Crippen LogP contribution in [-0.2, 0) is 6.61 Å². The maximum Gasteiger partial charge on any atom is 0.145 e. The highest BCUT2D eigenvalue weighted by molar-refractivity contribution is 5.48. The number of aliphatic hydroxyl groups is 1. The number of hydrogen-bond donors (Lipinski definition) is 2. The Morgan fingerprint density at radius 1 is 1.29 bits per heavy atom. The molecule has 4 nitrogen and oxygen atoms in total. The van der Waals surface area contributed by atoms with Crippen LogP contribution in [0.2, 0.25) is 0 Å². The second-order valence-electron chi connectivity index (χ2n) is 3.77. The normalized spacial score (nSPS) is 10.2. The molecule has 1 heterocycles. The van der Waals surface area contributed by atoms with Crippen molar-refractivity contribution in [1.29, 1.82) is 0 Å². The topological polar surface area (TPSA) is 68.4 Å². The largest absolute Gasteiger partial charge is 0.455 e. The molecular formula is C13H14N2O2. The Balaban J connectivity index is 2.19. The predicted octanol–water partition coefficient (Wildman–Crippen LogP) is 2.26. The Morgan fingerprint density at radius 3 is 2.71 bits per heavy atom. The van der Waals surface area contributed by atoms with Crippen LogP contribution in [0.5, 0.6) is 11.5 Å². The van der Waals surface area contributed by atoms with Crippen LogP contribution in [0.4, 0.5) is 5.69 Å². The van der Waals surface area contributed by atoms with Crippen LogP contribution in [0.1, 0.15) is 11.3 Å². The van der Waals surface area contributed by atoms with Gasteiger partial charge in [-0.2, -0.15) is 0 Å². The van der Waals surface area contributed by atoms with Gasteiger partial charge in [0.15, 0.2) is 0 Å². The van der Waals surface area contributed by atoms with Gasteiger partial charge >= 0.3 is 0 Å². The van der Waals surface area contributed by atoms with E-state index >= 15 is 0 Å². The maximum absolute atomic E-state index is 8.88. The summed E-state index contributed by atoms with van der Waals surface area (Å²) in [5, 5.41) is 8.88. The summed E-state index contributed by atoms with van der Waals surface area (Å²) in [5.41, 5.74) is 7.96. The molecule has 0 bridgehead atoms. The van der Waals surface area contributed by atoms with Crippen molar-refractivity contribution >= 4 is 5.69 Å². The third-order valence-electron chi connectivity index (χ3n) is 2.39. The first kappa shape index (κ1) is 11.4. The van der Waals surface area contributed by atoms with Crippen molar-refractivity contribution in [2.75, 3.05) is 5.73 Å². The summed E-state index contributed by atoms with van der Waals surface area (Å²) in [7, 11) is 0. The number of nitrogens with zero attached hydrogens (tertiary/aromatic N) is 1. The molecule has 0 atom stereocenters. The molecule has 17 heavy (non-hydrogen) atoms. The molecule has 2 rings (SSSR count). The van der Waals surface area contributed by atoms with Crippen molar-refractivity contribution in [3.8, 4) is 11.5 Å². The molecular weight excluding hydrogens is 216 g/mol. The number of nitrogens with two attached hydrogens (primary N) is 1. The highest BCUT2D eigenvalue weighted by Gasteiger charge is 2.02. The lowest BCUT2D eigenvalue weighted by Gasteiger charge is -2.09. The van der Waals surface area contributed by atoms with E-state index in [1.165, 1.54) is 0 Å². The van der Waals surface area contributed by atoms with Crippen LogP contribution in [0.25, 0.3) is 0 Å². The molecule has 0 aliphatic carbocycles. The summed E-state index contributed by atoms with van der Waals surface area (Å²) in [6, 6.07) is 8.96. The van der Waals surface area contributed by atoms with Crippen LogP contribution >= 0.6 is 0 Å². The van der Waals surface area contributed by atoms with E-state index in [4.69, 9.17) is 15.6 Å². The van der Waals surface area contributed by atoms with Crippen LogP contribution in [0, 0.1) is 6.92 Å². The molecule has 1 aromatic carbocycles. The molecule has 1 aromatic heterocycles. The van der Waals surface area contributed by atoms with Gasteiger partial charge in [-0.15, -0.1) is 0 Å². The molecule has 0 aliphatic heterocycles. The van der Waals surface area contributed by atoms with Gasteiger partial charge in [-0.3, -0.25) is 4.98 Å². The molecule has 3 N–H and O–H groups in total. The molecule has 0 fully saturated rings. The first-order chi connectivity index (χ1) is 8.19. The van der Waals surface area contributed by atoms with Crippen molar-refractivity contribution < 1.29 is 9.84 Å². The molecule has 0 radical (unpaired) electrons. The fourth-order valence-electron chi connectivity index (χ4n) is 1.48. The summed E-state index contributed by atoms with van der Waals surface area (Å²) in [5.74, 6) is 1.38. The average molecular weight is 230 g/mol. The molecule has 0 saturated heterocycles. The number of aromatic nitrogens is 1. The van der Waals surface area contributed by atoms with E-state index in [-0.39, 0.29) is 6.61 Å². The lowest BCUT2D eigenvalue weighted by Crippen LogP contribution is -1.92. The second-order valence-corrected chi connectivity index (χ2v) is 3.77. The number of nitrogen functional groups attached to an aromatic ring is 1. The summed E-state index contributed by atoms with van der Waals surface area (Å²) in [6.07, 6.45) is 1.58. The Hall–Kier alpha value is -2.07. The number of aryl methyl sites for hydroxylation is 1. The third kappa shape index (κ3) is 2.73. The fourth-order valence-corrected chi connectivity index (χ4v) is 1.48. The number of anilines is 1. The summed E-state index contributed by atoms with van der Waals surface area (Å²) in [4.78, 5) is 4.04. The SMILES string of the molecule is Cc1cc(N)ccc1Oc1ccc(CO)nc1. The Labute approximate surface area is 99.7 Å². The lowest BCUT2D eigenvalue weighted by atomic mass is 10.2. The molecule has 0 unspecified atom stereocenters. The quantitative estimate of drug-likeness (QED) is 0.793. The zero-order chi connectivity index (χ0) is 12.3. The van der Waals surface area contributed by atoms with Gasteiger partial charge in [0.1, 0.15) is 11.5 Å². The maximum atomic E-state index is 8.88. The van der Waals surface area contributed by atoms with Gasteiger partial charge in [-0.05, 0) is 42.8 Å². The van der Waals surface area contributed by atoms with Crippen molar-refractivity contribution in [3.63, 3.8) is 0 Å². The standard InChI is InChI=1S/C13H14N2O2/c1-9-6-10(14)2-5-13(9)17-12-4-3-11(8-16)15-7-12/h2-7,16H,8,14H2,1H3. The van der Waals surface area contributed by atoms with Crippen LogP contribution in [-0.4, -0.2) is 10.1 Å². The smallest absolute Gasteiger partial charge is 0.145 e. The zero-order valence-corrected chi connectivity index (χ0v) is 9.55. The first-order valence-corrected chi connectivity index (χ1v) is 5.29. The molecule has 0 spiro atoms. The number of pyridine rings is 1. The monoisotopic (exact) mass is 230 g/mol. The van der Waals surface area contributed by atoms with E-state index in [0.29, 0.717) is 17.1 Å². The summed E-state index contributed by atoms with van der Waals surface area (Å²) in [6.45, 7) is 1.86. The fraction of sp³-hybridized carbons (Fsp3) is 0.154. The van der Waals surface area contributed by atoms with E-state index in [9.17, 15) is 0 Å². The van der Waals surface area contributed by atoms with Crippen LogP contribution in [0.15, 0.2) is 36.5 Å². The van der Waals surface area contributed by atoms with Crippen LogP contribution < -0.4 is 10.5 Å². The summed E-state index contributed by atoms with van der Waals surface area (Å²) >= 11 is 0. The number of rotatable bonds is 3. The third-order valence-corrected chi connectivity index (χ3v) is 2.39. The minimum atomic E-state index is -0.0683. The van der Waals surface area contributed by atoms with Gasteiger partial charge in [0.25, 0.3) is 0 Å². The predicted molar refractivity (Wildman–Crippen MR) is 65.8 cm³/mol. The number of benzene rings is 1. The number of hydrogen-bond acceptors (Lipinski definition) is 4. The van der Waals surface area contributed by atoms with Crippen molar-refractivity contribution in [1.82, 2.24) is 4.98 Å². The zero-order valence-electron chi connectivity index (χ0n) is 9.55.